The lowest BCUT2D eigenvalue weighted by molar-refractivity contribution is 1.15. The van der Waals surface area contributed by atoms with Crippen LogP contribution in [0.2, 0.25) is 19.6 Å². The molecule has 0 aromatic carbocycles. The fraction of sp³-hybridized carbons (Fsp3) is 0.400. The number of nitriles is 1. The van der Waals surface area contributed by atoms with Crippen LogP contribution in [0, 0.1) is 11.3 Å². The van der Waals surface area contributed by atoms with Gasteiger partial charge in [-0.3, -0.25) is 0 Å². The molecule has 0 bridgehead atoms. The van der Waals surface area contributed by atoms with Gasteiger partial charge in [0.25, 0.3) is 0 Å². The Balaban J connectivity index is 3.48. The van der Waals surface area contributed by atoms with E-state index in [1.165, 1.54) is 0 Å². The zero-order valence-electron chi connectivity index (χ0n) is 9.46. The molecule has 1 aromatic heterocycles. The highest BCUT2D eigenvalue weighted by molar-refractivity contribution is 7.98. The van der Waals surface area contributed by atoms with Crippen molar-refractivity contribution < 1.29 is 0 Å². The molecule has 0 aliphatic heterocycles. The summed E-state index contributed by atoms with van der Waals surface area (Å²) in [5.41, 5.74) is 6.34. The molecule has 0 fully saturated rings. The van der Waals surface area contributed by atoms with E-state index in [1.54, 1.807) is 11.8 Å². The molecule has 80 valence electrons. The van der Waals surface area contributed by atoms with Crippen LogP contribution in [-0.2, 0) is 0 Å². The number of hydrogen-bond donors (Lipinski definition) is 1. The molecule has 0 radical (unpaired) electrons. The summed E-state index contributed by atoms with van der Waals surface area (Å²) >= 11 is 1.55. The Labute approximate surface area is 95.7 Å². The lowest BCUT2D eigenvalue weighted by Crippen LogP contribution is -2.40. The van der Waals surface area contributed by atoms with Gasteiger partial charge in [-0.15, -0.1) is 11.8 Å². The minimum Gasteiger partial charge on any atom is -0.383 e. The molecule has 1 heterocycles. The van der Waals surface area contributed by atoms with Gasteiger partial charge in [0.15, 0.2) is 0 Å². The number of hydrogen-bond acceptors (Lipinski definition) is 4. The van der Waals surface area contributed by atoms with Crippen molar-refractivity contribution in [1.29, 1.82) is 5.26 Å². The predicted molar refractivity (Wildman–Crippen MR) is 68.1 cm³/mol. The Kier molecular flexibility index (Phi) is 3.42. The third-order valence-electron chi connectivity index (χ3n) is 2.15. The minimum absolute atomic E-state index is 0.363. The van der Waals surface area contributed by atoms with Crippen molar-refractivity contribution in [2.45, 2.75) is 24.7 Å². The number of anilines is 1. The van der Waals surface area contributed by atoms with E-state index in [2.05, 4.69) is 30.7 Å². The molecule has 0 spiro atoms. The summed E-state index contributed by atoms with van der Waals surface area (Å²) in [6, 6.07) is 4.17. The molecule has 1 rings (SSSR count). The molecule has 1 aromatic rings. The molecule has 5 heteroatoms. The Hall–Kier alpha value is -0.993. The van der Waals surface area contributed by atoms with Gasteiger partial charge in [-0.25, -0.2) is 4.98 Å². The molecule has 0 saturated heterocycles. The first-order chi connectivity index (χ1) is 6.90. The number of pyridine rings is 1. The topological polar surface area (TPSA) is 62.7 Å². The van der Waals surface area contributed by atoms with Crippen LogP contribution in [0.4, 0.5) is 5.82 Å². The van der Waals surface area contributed by atoms with Crippen molar-refractivity contribution >= 4 is 30.8 Å². The summed E-state index contributed by atoms with van der Waals surface area (Å²) in [5.74, 6) is 0.363. The van der Waals surface area contributed by atoms with Gasteiger partial charge in [0, 0.05) is 0 Å². The number of nitrogens with two attached hydrogens (primary N) is 1. The second-order valence-corrected chi connectivity index (χ2v) is 10.2. The summed E-state index contributed by atoms with van der Waals surface area (Å²) < 4.78 is 0. The van der Waals surface area contributed by atoms with Crippen LogP contribution in [-0.4, -0.2) is 19.3 Å². The largest absolute Gasteiger partial charge is 0.383 e. The summed E-state index contributed by atoms with van der Waals surface area (Å²) in [6.45, 7) is 6.60. The lowest BCUT2D eigenvalue weighted by Gasteiger charge is -2.19. The quantitative estimate of drug-likeness (QED) is 0.629. The van der Waals surface area contributed by atoms with Crippen molar-refractivity contribution in [3.8, 4) is 6.07 Å². The highest BCUT2D eigenvalue weighted by atomic mass is 32.2. The Morgan fingerprint density at radius 2 is 2.07 bits per heavy atom. The van der Waals surface area contributed by atoms with Crippen molar-refractivity contribution in [3.63, 3.8) is 0 Å². The van der Waals surface area contributed by atoms with Gasteiger partial charge in [0.05, 0.1) is 18.7 Å². The van der Waals surface area contributed by atoms with Gasteiger partial charge < -0.3 is 5.73 Å². The molecule has 0 aliphatic rings. The maximum atomic E-state index is 9.07. The molecule has 2 N–H and O–H groups in total. The molecule has 0 atom stereocenters. The highest BCUT2D eigenvalue weighted by Crippen LogP contribution is 2.18. The fourth-order valence-electron chi connectivity index (χ4n) is 1.35. The molecular weight excluding hydrogens is 222 g/mol. The van der Waals surface area contributed by atoms with E-state index >= 15 is 0 Å². The van der Waals surface area contributed by atoms with E-state index in [0.717, 1.165) is 10.2 Å². The van der Waals surface area contributed by atoms with Gasteiger partial charge in [0.1, 0.15) is 11.9 Å². The number of rotatable bonds is 2. The summed E-state index contributed by atoms with van der Waals surface area (Å²) in [7, 11) is -1.53. The van der Waals surface area contributed by atoms with Gasteiger partial charge in [-0.05, 0) is 17.5 Å². The van der Waals surface area contributed by atoms with Crippen molar-refractivity contribution in [3.05, 3.63) is 11.6 Å². The summed E-state index contributed by atoms with van der Waals surface area (Å²) in [6.07, 6.45) is 1.96. The summed E-state index contributed by atoms with van der Waals surface area (Å²) in [5, 5.41) is 11.1. The second-order valence-electron chi connectivity index (χ2n) is 4.33. The van der Waals surface area contributed by atoms with E-state index < -0.39 is 8.07 Å². The zero-order valence-corrected chi connectivity index (χ0v) is 11.3. The smallest absolute Gasteiger partial charge is 0.142 e. The highest BCUT2D eigenvalue weighted by Gasteiger charge is 2.23. The maximum Gasteiger partial charge on any atom is 0.142 e. The zero-order chi connectivity index (χ0) is 11.6. The standard InChI is InChI=1S/C10H15N3SSi/c1-14-9-5-8(15(2,3)4)7(6-11)10(12)13-9/h5H,1-4H3,(H2,12,13). The van der Waals surface area contributed by atoms with Gasteiger partial charge in [0.2, 0.25) is 0 Å². The number of nitrogens with zero attached hydrogens (tertiary/aromatic N) is 2. The number of nitrogen functional groups attached to an aromatic ring is 1. The van der Waals surface area contributed by atoms with E-state index in [9.17, 15) is 0 Å². The molecular formula is C10H15N3SSi. The fourth-order valence-corrected chi connectivity index (χ4v) is 3.39. The predicted octanol–water partition coefficient (Wildman–Crippen LogP) is 1.80. The Morgan fingerprint density at radius 3 is 2.47 bits per heavy atom. The molecule has 3 nitrogen and oxygen atoms in total. The molecule has 0 unspecified atom stereocenters. The van der Waals surface area contributed by atoms with Crippen LogP contribution in [0.25, 0.3) is 0 Å². The van der Waals surface area contributed by atoms with Crippen LogP contribution < -0.4 is 10.9 Å². The molecule has 15 heavy (non-hydrogen) atoms. The van der Waals surface area contributed by atoms with Crippen LogP contribution >= 0.6 is 11.8 Å². The van der Waals surface area contributed by atoms with Gasteiger partial charge in [-0.2, -0.15) is 5.26 Å². The van der Waals surface area contributed by atoms with E-state index in [4.69, 9.17) is 11.0 Å². The van der Waals surface area contributed by atoms with Crippen molar-refractivity contribution in [2.24, 2.45) is 0 Å². The first-order valence-electron chi connectivity index (χ1n) is 4.65. The van der Waals surface area contributed by atoms with E-state index in [-0.39, 0.29) is 0 Å². The normalized spacial score (nSPS) is 11.1. The third-order valence-corrected chi connectivity index (χ3v) is 4.79. The average Bonchev–Trinajstić information content (AvgIpc) is 2.15. The minimum atomic E-state index is -1.53. The van der Waals surface area contributed by atoms with Gasteiger partial charge >= 0.3 is 0 Å². The SMILES string of the molecule is CSc1cc([Si](C)(C)C)c(C#N)c(N)n1. The first kappa shape index (κ1) is 12.1. The van der Waals surface area contributed by atoms with E-state index in [1.807, 2.05) is 12.3 Å². The third kappa shape index (κ3) is 2.52. The van der Waals surface area contributed by atoms with Crippen LogP contribution in [0.3, 0.4) is 0 Å². The van der Waals surface area contributed by atoms with Crippen LogP contribution in [0.1, 0.15) is 5.56 Å². The first-order valence-corrected chi connectivity index (χ1v) is 9.37. The van der Waals surface area contributed by atoms with Gasteiger partial charge in [-0.1, -0.05) is 19.6 Å². The molecule has 0 amide bonds. The average molecular weight is 237 g/mol. The molecule has 0 aliphatic carbocycles. The van der Waals surface area contributed by atoms with Crippen LogP contribution in [0.15, 0.2) is 11.1 Å². The van der Waals surface area contributed by atoms with Crippen LogP contribution in [0.5, 0.6) is 0 Å². The maximum absolute atomic E-state index is 9.07. The molecule has 0 saturated carbocycles. The Morgan fingerprint density at radius 1 is 1.47 bits per heavy atom. The monoisotopic (exact) mass is 237 g/mol. The summed E-state index contributed by atoms with van der Waals surface area (Å²) in [4.78, 5) is 4.18. The van der Waals surface area contributed by atoms with E-state index in [0.29, 0.717) is 11.4 Å². The second kappa shape index (κ2) is 4.25. The van der Waals surface area contributed by atoms with Crippen molar-refractivity contribution in [1.82, 2.24) is 4.98 Å². The Bertz CT molecular complexity index is 418. The lowest BCUT2D eigenvalue weighted by atomic mass is 10.3. The number of aromatic nitrogens is 1. The van der Waals surface area contributed by atoms with Crippen molar-refractivity contribution in [2.75, 3.05) is 12.0 Å². The number of thioether (sulfide) groups is 1.